The summed E-state index contributed by atoms with van der Waals surface area (Å²) >= 11 is 0. The maximum absolute atomic E-state index is 12.4. The topological polar surface area (TPSA) is 49.4 Å². The smallest absolute Gasteiger partial charge is 0.226 e. The van der Waals surface area contributed by atoms with Crippen molar-refractivity contribution in [2.45, 2.75) is 52.4 Å². The molecule has 0 fully saturated rings. The monoisotopic (exact) mass is 302 g/mol. The first kappa shape index (κ1) is 16.5. The van der Waals surface area contributed by atoms with Crippen LogP contribution in [0.15, 0.2) is 18.2 Å². The summed E-state index contributed by atoms with van der Waals surface area (Å²) in [7, 11) is 0. The Hall–Kier alpha value is -1.84. The molecule has 2 amide bonds. The number of amides is 2. The van der Waals surface area contributed by atoms with E-state index in [1.54, 1.807) is 0 Å². The number of benzene rings is 1. The summed E-state index contributed by atoms with van der Waals surface area (Å²) in [6, 6.07) is 6.36. The van der Waals surface area contributed by atoms with Gasteiger partial charge in [-0.3, -0.25) is 9.59 Å². The van der Waals surface area contributed by atoms with E-state index in [1.165, 1.54) is 18.1 Å². The second kappa shape index (κ2) is 7.97. The maximum Gasteiger partial charge on any atom is 0.226 e. The molecule has 0 radical (unpaired) electrons. The van der Waals surface area contributed by atoms with Crippen LogP contribution in [0.5, 0.6) is 0 Å². The van der Waals surface area contributed by atoms with Gasteiger partial charge in [-0.2, -0.15) is 0 Å². The molecular formula is C18H26N2O2. The van der Waals surface area contributed by atoms with Gasteiger partial charge in [-0.1, -0.05) is 24.1 Å². The van der Waals surface area contributed by atoms with Gasteiger partial charge in [0.25, 0.3) is 0 Å². The maximum atomic E-state index is 12.4. The van der Waals surface area contributed by atoms with E-state index in [0.29, 0.717) is 13.0 Å². The predicted octanol–water partition coefficient (Wildman–Crippen LogP) is 2.97. The fourth-order valence-corrected chi connectivity index (χ4v) is 2.96. The van der Waals surface area contributed by atoms with E-state index in [4.69, 9.17) is 0 Å². The Balaban J connectivity index is 1.80. The number of nitrogens with zero attached hydrogens (tertiary/aromatic N) is 1. The molecule has 1 aliphatic rings. The second-order valence-corrected chi connectivity index (χ2v) is 6.07. The molecule has 1 aromatic rings. The molecule has 1 aliphatic heterocycles. The van der Waals surface area contributed by atoms with Crippen molar-refractivity contribution in [3.05, 3.63) is 29.3 Å². The number of hydrogen-bond donors (Lipinski definition) is 1. The van der Waals surface area contributed by atoms with E-state index in [-0.39, 0.29) is 11.8 Å². The van der Waals surface area contributed by atoms with E-state index >= 15 is 0 Å². The van der Waals surface area contributed by atoms with Crippen molar-refractivity contribution >= 4 is 17.5 Å². The first-order valence-electron chi connectivity index (χ1n) is 8.22. The van der Waals surface area contributed by atoms with Gasteiger partial charge in [-0.25, -0.2) is 0 Å². The summed E-state index contributed by atoms with van der Waals surface area (Å²) in [5.41, 5.74) is 3.65. The van der Waals surface area contributed by atoms with Gasteiger partial charge in [-0.05, 0) is 44.2 Å². The second-order valence-electron chi connectivity index (χ2n) is 6.07. The molecule has 0 saturated carbocycles. The molecule has 1 aromatic carbocycles. The Morgan fingerprint density at radius 3 is 2.82 bits per heavy atom. The van der Waals surface area contributed by atoms with Gasteiger partial charge < -0.3 is 10.2 Å². The summed E-state index contributed by atoms with van der Waals surface area (Å²) in [6.45, 7) is 5.16. The summed E-state index contributed by atoms with van der Waals surface area (Å²) < 4.78 is 0. The third-order valence-corrected chi connectivity index (χ3v) is 4.10. The fraction of sp³-hybridized carbons (Fsp3) is 0.556. The number of fused-ring (bicyclic) bond motifs is 1. The van der Waals surface area contributed by atoms with E-state index in [1.807, 2.05) is 4.90 Å². The van der Waals surface area contributed by atoms with Gasteiger partial charge in [0.05, 0.1) is 0 Å². The standard InChI is InChI=1S/C18H26N2O2/c1-14-9-10-17-16(13-14)7-6-12-20(17)18(22)8-4-3-5-11-19-15(2)21/h9-10,13H,3-8,11-12H2,1-2H3,(H,19,21). The van der Waals surface area contributed by atoms with Crippen LogP contribution >= 0.6 is 0 Å². The van der Waals surface area contributed by atoms with Crippen LogP contribution in [0.25, 0.3) is 0 Å². The quantitative estimate of drug-likeness (QED) is 0.821. The molecule has 0 bridgehead atoms. The third kappa shape index (κ3) is 4.58. The minimum Gasteiger partial charge on any atom is -0.356 e. The summed E-state index contributed by atoms with van der Waals surface area (Å²) in [6.07, 6.45) is 5.50. The van der Waals surface area contributed by atoms with Crippen LogP contribution < -0.4 is 10.2 Å². The number of aryl methyl sites for hydroxylation is 2. The molecule has 0 unspecified atom stereocenters. The Kier molecular flexibility index (Phi) is 5.99. The molecule has 4 nitrogen and oxygen atoms in total. The summed E-state index contributed by atoms with van der Waals surface area (Å²) in [5.74, 6) is 0.237. The Labute approximate surface area is 132 Å². The highest BCUT2D eigenvalue weighted by Gasteiger charge is 2.21. The van der Waals surface area contributed by atoms with Crippen LogP contribution in [0, 0.1) is 6.92 Å². The average molecular weight is 302 g/mol. The lowest BCUT2D eigenvalue weighted by Gasteiger charge is -2.30. The lowest BCUT2D eigenvalue weighted by atomic mass is 9.99. The van der Waals surface area contributed by atoms with Crippen molar-refractivity contribution < 1.29 is 9.59 Å². The molecule has 1 N–H and O–H groups in total. The molecule has 0 aromatic heterocycles. The summed E-state index contributed by atoms with van der Waals surface area (Å²) in [4.78, 5) is 25.2. The molecule has 120 valence electrons. The Morgan fingerprint density at radius 1 is 1.23 bits per heavy atom. The lowest BCUT2D eigenvalue weighted by Crippen LogP contribution is -2.35. The van der Waals surface area contributed by atoms with Crippen LogP contribution in [0.4, 0.5) is 5.69 Å². The Morgan fingerprint density at radius 2 is 2.05 bits per heavy atom. The molecule has 0 spiro atoms. The van der Waals surface area contributed by atoms with Crippen LogP contribution in [0.1, 0.15) is 50.2 Å². The van der Waals surface area contributed by atoms with Crippen molar-refractivity contribution in [2.24, 2.45) is 0 Å². The van der Waals surface area contributed by atoms with Gasteiger partial charge in [0.2, 0.25) is 11.8 Å². The van der Waals surface area contributed by atoms with E-state index < -0.39 is 0 Å². The number of anilines is 1. The van der Waals surface area contributed by atoms with Gasteiger partial charge in [-0.15, -0.1) is 0 Å². The largest absolute Gasteiger partial charge is 0.356 e. The SMILES string of the molecule is CC(=O)NCCCCCC(=O)N1CCCc2cc(C)ccc21. The Bertz CT molecular complexity index is 540. The molecule has 2 rings (SSSR count). The molecule has 0 atom stereocenters. The van der Waals surface area contributed by atoms with E-state index in [9.17, 15) is 9.59 Å². The van der Waals surface area contributed by atoms with Crippen LogP contribution in [0.3, 0.4) is 0 Å². The lowest BCUT2D eigenvalue weighted by molar-refractivity contribution is -0.119. The van der Waals surface area contributed by atoms with Crippen molar-refractivity contribution in [3.63, 3.8) is 0 Å². The third-order valence-electron chi connectivity index (χ3n) is 4.10. The van der Waals surface area contributed by atoms with Crippen molar-refractivity contribution in [3.8, 4) is 0 Å². The predicted molar refractivity (Wildman–Crippen MR) is 89.0 cm³/mol. The number of unbranched alkanes of at least 4 members (excludes halogenated alkanes) is 2. The molecule has 22 heavy (non-hydrogen) atoms. The molecule has 0 aliphatic carbocycles. The van der Waals surface area contributed by atoms with Crippen LogP contribution in [-0.4, -0.2) is 24.9 Å². The number of carbonyl (C=O) groups is 2. The molecule has 1 heterocycles. The van der Waals surface area contributed by atoms with Crippen LogP contribution in [-0.2, 0) is 16.0 Å². The number of nitrogens with one attached hydrogen (secondary N) is 1. The highest BCUT2D eigenvalue weighted by atomic mass is 16.2. The fourth-order valence-electron chi connectivity index (χ4n) is 2.96. The first-order valence-corrected chi connectivity index (χ1v) is 8.22. The number of hydrogen-bond acceptors (Lipinski definition) is 2. The zero-order valence-corrected chi connectivity index (χ0v) is 13.7. The van der Waals surface area contributed by atoms with Crippen molar-refractivity contribution in [2.75, 3.05) is 18.0 Å². The van der Waals surface area contributed by atoms with Crippen molar-refractivity contribution in [1.29, 1.82) is 0 Å². The summed E-state index contributed by atoms with van der Waals surface area (Å²) in [5, 5.41) is 2.78. The minimum absolute atomic E-state index is 0.0105. The first-order chi connectivity index (χ1) is 10.6. The van der Waals surface area contributed by atoms with Gasteiger partial charge in [0.15, 0.2) is 0 Å². The zero-order chi connectivity index (χ0) is 15.9. The van der Waals surface area contributed by atoms with Gasteiger partial charge in [0, 0.05) is 32.1 Å². The van der Waals surface area contributed by atoms with Crippen molar-refractivity contribution in [1.82, 2.24) is 5.32 Å². The van der Waals surface area contributed by atoms with Gasteiger partial charge in [0.1, 0.15) is 0 Å². The highest BCUT2D eigenvalue weighted by molar-refractivity contribution is 5.94. The highest BCUT2D eigenvalue weighted by Crippen LogP contribution is 2.28. The number of carbonyl (C=O) groups excluding carboxylic acids is 2. The molecular weight excluding hydrogens is 276 g/mol. The average Bonchev–Trinajstić information content (AvgIpc) is 2.49. The molecule has 0 saturated heterocycles. The van der Waals surface area contributed by atoms with E-state index in [0.717, 1.165) is 44.3 Å². The minimum atomic E-state index is 0.0105. The molecule has 4 heteroatoms. The van der Waals surface area contributed by atoms with Crippen LogP contribution in [0.2, 0.25) is 0 Å². The normalized spacial score (nSPS) is 13.6. The number of rotatable bonds is 6. The zero-order valence-electron chi connectivity index (χ0n) is 13.7. The van der Waals surface area contributed by atoms with Gasteiger partial charge >= 0.3 is 0 Å². The van der Waals surface area contributed by atoms with E-state index in [2.05, 4.69) is 30.4 Å².